The molecule has 4 heteroatoms. The molecule has 1 heterocycles. The summed E-state index contributed by atoms with van der Waals surface area (Å²) in [6, 6.07) is 0. The van der Waals surface area contributed by atoms with Crippen LogP contribution in [0.25, 0.3) is 0 Å². The zero-order chi connectivity index (χ0) is 10.2. The van der Waals surface area contributed by atoms with E-state index in [0.717, 1.165) is 19.4 Å². The van der Waals surface area contributed by atoms with Crippen LogP contribution in [0.2, 0.25) is 0 Å². The van der Waals surface area contributed by atoms with Crippen molar-refractivity contribution in [3.63, 3.8) is 0 Å². The average molecular weight is 198 g/mol. The summed E-state index contributed by atoms with van der Waals surface area (Å²) in [7, 11) is 0. The summed E-state index contributed by atoms with van der Waals surface area (Å²) in [4.78, 5) is 13.8. The lowest BCUT2D eigenvalue weighted by Crippen LogP contribution is -2.37. The van der Waals surface area contributed by atoms with E-state index < -0.39 is 0 Å². The second kappa shape index (κ2) is 3.51. The molecule has 1 atom stereocenters. The molecule has 2 fully saturated rings. The highest BCUT2D eigenvalue weighted by molar-refractivity contribution is 5.91. The summed E-state index contributed by atoms with van der Waals surface area (Å²) >= 11 is 0. The fourth-order valence-corrected chi connectivity index (χ4v) is 2.08. The molecular weight excluding hydrogens is 180 g/mol. The molecule has 1 spiro atoms. The first-order valence-electron chi connectivity index (χ1n) is 5.36. The van der Waals surface area contributed by atoms with Crippen molar-refractivity contribution in [1.82, 2.24) is 10.2 Å². The van der Waals surface area contributed by atoms with E-state index in [9.17, 15) is 4.79 Å². The zero-order valence-corrected chi connectivity index (χ0v) is 8.88. The lowest BCUT2D eigenvalue weighted by Gasteiger charge is -2.20. The first-order valence-corrected chi connectivity index (χ1v) is 5.36. The van der Waals surface area contributed by atoms with Crippen LogP contribution in [0.5, 0.6) is 0 Å². The van der Waals surface area contributed by atoms with Gasteiger partial charge < -0.3 is 9.64 Å². The van der Waals surface area contributed by atoms with E-state index in [1.54, 1.807) is 0 Å². The minimum atomic E-state index is -0.175. The van der Waals surface area contributed by atoms with Crippen molar-refractivity contribution in [2.45, 2.75) is 38.4 Å². The fraction of sp³-hybridized carbons (Fsp3) is 0.900. The van der Waals surface area contributed by atoms with Gasteiger partial charge in [-0.15, -0.1) is 0 Å². The van der Waals surface area contributed by atoms with Crippen LogP contribution in [0.15, 0.2) is 0 Å². The third kappa shape index (κ3) is 1.53. The van der Waals surface area contributed by atoms with E-state index in [0.29, 0.717) is 13.2 Å². The minimum absolute atomic E-state index is 0.172. The normalized spacial score (nSPS) is 28.9. The number of nitrogens with one attached hydrogen (secondary N) is 1. The first kappa shape index (κ1) is 9.93. The van der Waals surface area contributed by atoms with Crippen LogP contribution < -0.4 is 5.32 Å². The number of amides is 1. The summed E-state index contributed by atoms with van der Waals surface area (Å²) in [5.41, 5.74) is -0.175. The summed E-state index contributed by atoms with van der Waals surface area (Å²) in [5, 5.41) is 3.35. The van der Waals surface area contributed by atoms with Gasteiger partial charge in [0, 0.05) is 13.2 Å². The van der Waals surface area contributed by atoms with Gasteiger partial charge in [0.05, 0.1) is 18.3 Å². The predicted octanol–water partition coefficient (Wildman–Crippen LogP) is 0.333. The summed E-state index contributed by atoms with van der Waals surface area (Å²) in [6.07, 6.45) is 2.17. The Kier molecular flexibility index (Phi) is 2.49. The summed E-state index contributed by atoms with van der Waals surface area (Å²) in [5.74, 6) is 0.268. The van der Waals surface area contributed by atoms with Crippen LogP contribution in [-0.2, 0) is 9.53 Å². The van der Waals surface area contributed by atoms with Crippen molar-refractivity contribution in [1.29, 1.82) is 0 Å². The molecule has 1 N–H and O–H groups in total. The van der Waals surface area contributed by atoms with Gasteiger partial charge in [-0.3, -0.25) is 10.1 Å². The molecule has 80 valence electrons. The van der Waals surface area contributed by atoms with Gasteiger partial charge in [0.1, 0.15) is 0 Å². The monoisotopic (exact) mass is 198 g/mol. The molecule has 2 rings (SSSR count). The van der Waals surface area contributed by atoms with Crippen LogP contribution in [0.4, 0.5) is 0 Å². The van der Waals surface area contributed by atoms with Crippen molar-refractivity contribution in [2.75, 3.05) is 19.8 Å². The topological polar surface area (TPSA) is 41.6 Å². The number of hydrogen-bond acceptors (Lipinski definition) is 3. The molecule has 1 aliphatic heterocycles. The van der Waals surface area contributed by atoms with Crippen molar-refractivity contribution in [3.8, 4) is 0 Å². The molecule has 0 radical (unpaired) electrons. The molecular formula is C10H18N2O2. The number of rotatable bonds is 4. The molecule has 4 nitrogen and oxygen atoms in total. The number of nitrogens with zero attached hydrogens (tertiary/aromatic N) is 1. The Bertz CT molecular complexity index is 238. The van der Waals surface area contributed by atoms with Gasteiger partial charge in [0.15, 0.2) is 0 Å². The minimum Gasteiger partial charge on any atom is -0.380 e. The molecule has 0 aromatic heterocycles. The third-order valence-corrected chi connectivity index (χ3v) is 3.05. The van der Waals surface area contributed by atoms with E-state index in [4.69, 9.17) is 4.74 Å². The quantitative estimate of drug-likeness (QED) is 0.662. The number of carbonyl (C=O) groups excluding carboxylic acids is 1. The molecule has 1 amide bonds. The lowest BCUT2D eigenvalue weighted by atomic mass is 10.3. The summed E-state index contributed by atoms with van der Waals surface area (Å²) in [6.45, 7) is 6.08. The third-order valence-electron chi connectivity index (χ3n) is 3.05. The molecule has 1 saturated heterocycles. The number of carbonyl (C=O) groups is 1. The maximum Gasteiger partial charge on any atom is 0.244 e. The zero-order valence-electron chi connectivity index (χ0n) is 8.88. The molecule has 2 aliphatic rings. The lowest BCUT2D eigenvalue weighted by molar-refractivity contribution is -0.131. The SMILES string of the molecule is CCOCCN1C(=O)C2(CC2)NC1C. The smallest absolute Gasteiger partial charge is 0.244 e. The number of hydrogen-bond donors (Lipinski definition) is 1. The van der Waals surface area contributed by atoms with Gasteiger partial charge in [-0.25, -0.2) is 0 Å². The maximum absolute atomic E-state index is 11.9. The molecule has 1 aliphatic carbocycles. The van der Waals surface area contributed by atoms with Crippen LogP contribution in [0.3, 0.4) is 0 Å². The molecule has 1 unspecified atom stereocenters. The Morgan fingerprint density at radius 1 is 1.64 bits per heavy atom. The second-order valence-corrected chi connectivity index (χ2v) is 4.10. The van der Waals surface area contributed by atoms with Crippen molar-refractivity contribution in [2.24, 2.45) is 0 Å². The molecule has 0 aromatic rings. The average Bonchev–Trinajstić information content (AvgIpc) is 2.88. The van der Waals surface area contributed by atoms with Crippen LogP contribution in [0.1, 0.15) is 26.7 Å². The molecule has 1 saturated carbocycles. The van der Waals surface area contributed by atoms with Crippen molar-refractivity contribution >= 4 is 5.91 Å². The highest BCUT2D eigenvalue weighted by Gasteiger charge is 2.57. The first-order chi connectivity index (χ1) is 6.69. The largest absolute Gasteiger partial charge is 0.380 e. The van der Waals surface area contributed by atoms with Gasteiger partial charge in [0.2, 0.25) is 5.91 Å². The van der Waals surface area contributed by atoms with Gasteiger partial charge in [-0.05, 0) is 26.7 Å². The van der Waals surface area contributed by atoms with E-state index in [2.05, 4.69) is 5.32 Å². The van der Waals surface area contributed by atoms with Gasteiger partial charge in [-0.2, -0.15) is 0 Å². The van der Waals surface area contributed by atoms with Crippen LogP contribution in [0, 0.1) is 0 Å². The highest BCUT2D eigenvalue weighted by atomic mass is 16.5. The number of ether oxygens (including phenoxy) is 1. The Hall–Kier alpha value is -0.610. The molecule has 0 aromatic carbocycles. The fourth-order valence-electron chi connectivity index (χ4n) is 2.08. The van der Waals surface area contributed by atoms with Gasteiger partial charge in [-0.1, -0.05) is 0 Å². The predicted molar refractivity (Wildman–Crippen MR) is 52.8 cm³/mol. The second-order valence-electron chi connectivity index (χ2n) is 4.10. The molecule has 0 bridgehead atoms. The van der Waals surface area contributed by atoms with Crippen molar-refractivity contribution < 1.29 is 9.53 Å². The van der Waals surface area contributed by atoms with E-state index >= 15 is 0 Å². The van der Waals surface area contributed by atoms with Gasteiger partial charge in [0.25, 0.3) is 0 Å². The summed E-state index contributed by atoms with van der Waals surface area (Å²) < 4.78 is 5.26. The Morgan fingerprint density at radius 3 is 2.86 bits per heavy atom. The Labute approximate surface area is 84.6 Å². The standard InChI is InChI=1S/C10H18N2O2/c1-3-14-7-6-12-8(2)11-10(4-5-10)9(12)13/h8,11H,3-7H2,1-2H3. The van der Waals surface area contributed by atoms with Crippen LogP contribution >= 0.6 is 0 Å². The molecule has 14 heavy (non-hydrogen) atoms. The van der Waals surface area contributed by atoms with E-state index in [-0.39, 0.29) is 17.6 Å². The Balaban J connectivity index is 1.88. The van der Waals surface area contributed by atoms with Gasteiger partial charge >= 0.3 is 0 Å². The maximum atomic E-state index is 11.9. The van der Waals surface area contributed by atoms with E-state index in [1.807, 2.05) is 18.7 Å². The van der Waals surface area contributed by atoms with E-state index in [1.165, 1.54) is 0 Å². The highest BCUT2D eigenvalue weighted by Crippen LogP contribution is 2.41. The Morgan fingerprint density at radius 2 is 2.36 bits per heavy atom. The van der Waals surface area contributed by atoms with Crippen molar-refractivity contribution in [3.05, 3.63) is 0 Å². The van der Waals surface area contributed by atoms with Crippen LogP contribution in [-0.4, -0.2) is 42.3 Å².